The van der Waals surface area contributed by atoms with Crippen molar-refractivity contribution in [2.24, 2.45) is 0 Å². The molecule has 1 aliphatic heterocycles. The van der Waals surface area contributed by atoms with Gasteiger partial charge in [0.15, 0.2) is 0 Å². The van der Waals surface area contributed by atoms with Crippen molar-refractivity contribution >= 4 is 23.4 Å². The summed E-state index contributed by atoms with van der Waals surface area (Å²) in [5.74, 6) is -2.25. The van der Waals surface area contributed by atoms with E-state index in [1.54, 1.807) is 29.2 Å². The number of amides is 1. The first-order chi connectivity index (χ1) is 15.8. The normalized spacial score (nSPS) is 13.5. The van der Waals surface area contributed by atoms with Crippen molar-refractivity contribution < 1.29 is 24.6 Å². The van der Waals surface area contributed by atoms with Gasteiger partial charge in [-0.3, -0.25) is 4.79 Å². The molecule has 3 aromatic rings. The highest BCUT2D eigenvalue weighted by atomic mass is 16.4. The van der Waals surface area contributed by atoms with Crippen LogP contribution >= 0.6 is 0 Å². The van der Waals surface area contributed by atoms with Crippen LogP contribution in [0.3, 0.4) is 0 Å². The second-order valence-electron chi connectivity index (χ2n) is 8.12. The van der Waals surface area contributed by atoms with Crippen LogP contribution in [0.15, 0.2) is 60.7 Å². The molecule has 0 saturated carbocycles. The van der Waals surface area contributed by atoms with Crippen molar-refractivity contribution in [2.75, 3.05) is 13.1 Å². The lowest BCUT2D eigenvalue weighted by atomic mass is 9.98. The summed E-state index contributed by atoms with van der Waals surface area (Å²) < 4.78 is 1.83. The largest absolute Gasteiger partial charge is 0.478 e. The van der Waals surface area contributed by atoms with Gasteiger partial charge in [0.2, 0.25) is 0 Å². The summed E-state index contributed by atoms with van der Waals surface area (Å²) in [7, 11) is 0. The van der Waals surface area contributed by atoms with E-state index in [4.69, 9.17) is 0 Å². The number of aromatic nitrogens is 1. The standard InChI is InChI=1S/C26H24N2O5/c1-16-8-9-17(2)28(16)23-14-19(10-11-22(23)26(32)33)24(29)27-12-4-7-21(15-27)18-5-3-6-20(13-18)25(30)31/h3,5-11,13-14H,4,12,15H2,1-2H3,(H,30,31)(H,32,33). The van der Waals surface area contributed by atoms with Gasteiger partial charge in [-0.05, 0) is 73.9 Å². The molecular weight excluding hydrogens is 420 g/mol. The molecular formula is C26H24N2O5. The van der Waals surface area contributed by atoms with Crippen LogP contribution in [0.4, 0.5) is 0 Å². The first kappa shape index (κ1) is 22.1. The SMILES string of the molecule is Cc1ccc(C)n1-c1cc(C(=O)N2CCC=C(c3cccc(C(=O)O)c3)C2)ccc1C(=O)O. The molecule has 7 heteroatoms. The predicted octanol–water partition coefficient (Wildman–Crippen LogP) is 4.42. The van der Waals surface area contributed by atoms with Crippen LogP contribution in [0.25, 0.3) is 11.3 Å². The number of carboxylic acid groups (broad SMARTS) is 2. The number of carbonyl (C=O) groups is 3. The minimum atomic E-state index is -1.06. The van der Waals surface area contributed by atoms with Crippen molar-refractivity contribution in [1.82, 2.24) is 9.47 Å². The molecule has 0 fully saturated rings. The molecule has 0 spiro atoms. The summed E-state index contributed by atoms with van der Waals surface area (Å²) in [6, 6.07) is 15.1. The Morgan fingerprint density at radius 1 is 0.848 bits per heavy atom. The van der Waals surface area contributed by atoms with Crippen LogP contribution in [-0.2, 0) is 0 Å². The fraction of sp³-hybridized carbons (Fsp3) is 0.192. The molecule has 2 heterocycles. The van der Waals surface area contributed by atoms with Crippen molar-refractivity contribution in [1.29, 1.82) is 0 Å². The number of benzene rings is 2. The van der Waals surface area contributed by atoms with E-state index < -0.39 is 11.9 Å². The molecule has 0 aliphatic carbocycles. The number of aromatic carboxylic acids is 2. The molecule has 168 valence electrons. The number of rotatable bonds is 5. The molecule has 7 nitrogen and oxygen atoms in total. The van der Waals surface area contributed by atoms with E-state index in [1.165, 1.54) is 12.1 Å². The predicted molar refractivity (Wildman–Crippen MR) is 124 cm³/mol. The van der Waals surface area contributed by atoms with Gasteiger partial charge < -0.3 is 19.7 Å². The summed E-state index contributed by atoms with van der Waals surface area (Å²) in [5.41, 5.74) is 4.59. The summed E-state index contributed by atoms with van der Waals surface area (Å²) in [6.07, 6.45) is 2.67. The average molecular weight is 444 g/mol. The number of hydrogen-bond donors (Lipinski definition) is 2. The zero-order valence-corrected chi connectivity index (χ0v) is 18.4. The Bertz CT molecular complexity index is 1280. The molecule has 1 amide bonds. The van der Waals surface area contributed by atoms with Gasteiger partial charge in [0.25, 0.3) is 5.91 Å². The molecule has 0 unspecified atom stereocenters. The molecule has 0 bridgehead atoms. The first-order valence-corrected chi connectivity index (χ1v) is 10.6. The Hall–Kier alpha value is -4.13. The summed E-state index contributed by atoms with van der Waals surface area (Å²) in [6.45, 7) is 4.65. The van der Waals surface area contributed by atoms with Crippen LogP contribution in [0.1, 0.15) is 54.4 Å². The highest BCUT2D eigenvalue weighted by molar-refractivity contribution is 5.99. The minimum Gasteiger partial charge on any atom is -0.478 e. The summed E-state index contributed by atoms with van der Waals surface area (Å²) in [4.78, 5) is 38.2. The third-order valence-electron chi connectivity index (χ3n) is 5.91. The number of nitrogens with zero attached hydrogens (tertiary/aromatic N) is 2. The summed E-state index contributed by atoms with van der Waals surface area (Å²) in [5, 5.41) is 19.0. The van der Waals surface area contributed by atoms with Gasteiger partial charge in [-0.15, -0.1) is 0 Å². The molecule has 1 aromatic heterocycles. The maximum Gasteiger partial charge on any atom is 0.337 e. The Morgan fingerprint density at radius 2 is 1.58 bits per heavy atom. The van der Waals surface area contributed by atoms with Crippen LogP contribution in [-0.4, -0.2) is 50.6 Å². The number of aryl methyl sites for hydroxylation is 2. The number of hydrogen-bond acceptors (Lipinski definition) is 3. The molecule has 33 heavy (non-hydrogen) atoms. The van der Waals surface area contributed by atoms with Gasteiger partial charge in [-0.25, -0.2) is 9.59 Å². The zero-order chi connectivity index (χ0) is 23.7. The maximum atomic E-state index is 13.4. The topological polar surface area (TPSA) is 99.8 Å². The Labute approximate surface area is 191 Å². The van der Waals surface area contributed by atoms with E-state index in [0.29, 0.717) is 30.8 Å². The van der Waals surface area contributed by atoms with Gasteiger partial charge in [-0.1, -0.05) is 18.2 Å². The van der Waals surface area contributed by atoms with Crippen molar-refractivity contribution in [2.45, 2.75) is 20.3 Å². The Balaban J connectivity index is 1.65. The smallest absolute Gasteiger partial charge is 0.337 e. The van der Waals surface area contributed by atoms with Crippen LogP contribution < -0.4 is 0 Å². The van der Waals surface area contributed by atoms with Gasteiger partial charge in [-0.2, -0.15) is 0 Å². The molecule has 2 N–H and O–H groups in total. The van der Waals surface area contributed by atoms with Crippen molar-refractivity contribution in [3.63, 3.8) is 0 Å². The molecule has 4 rings (SSSR count). The van der Waals surface area contributed by atoms with E-state index in [0.717, 1.165) is 22.5 Å². The lowest BCUT2D eigenvalue weighted by Gasteiger charge is -2.28. The van der Waals surface area contributed by atoms with E-state index in [9.17, 15) is 24.6 Å². The Kier molecular flexibility index (Phi) is 5.87. The fourth-order valence-electron chi connectivity index (χ4n) is 4.24. The molecule has 2 aromatic carbocycles. The van der Waals surface area contributed by atoms with Gasteiger partial charge in [0.05, 0.1) is 16.8 Å². The monoisotopic (exact) mass is 444 g/mol. The zero-order valence-electron chi connectivity index (χ0n) is 18.4. The highest BCUT2D eigenvalue weighted by Gasteiger charge is 2.23. The second-order valence-corrected chi connectivity index (χ2v) is 8.12. The second kappa shape index (κ2) is 8.78. The average Bonchev–Trinajstić information content (AvgIpc) is 3.15. The lowest BCUT2D eigenvalue weighted by molar-refractivity contribution is 0.0686. The lowest BCUT2D eigenvalue weighted by Crippen LogP contribution is -2.35. The van der Waals surface area contributed by atoms with E-state index in [-0.39, 0.29) is 17.0 Å². The maximum absolute atomic E-state index is 13.4. The number of carboxylic acids is 2. The van der Waals surface area contributed by atoms with Crippen LogP contribution in [0.5, 0.6) is 0 Å². The van der Waals surface area contributed by atoms with Gasteiger partial charge in [0.1, 0.15) is 0 Å². The first-order valence-electron chi connectivity index (χ1n) is 10.6. The van der Waals surface area contributed by atoms with Crippen LogP contribution in [0, 0.1) is 13.8 Å². The third kappa shape index (κ3) is 4.30. The molecule has 0 radical (unpaired) electrons. The minimum absolute atomic E-state index is 0.124. The van der Waals surface area contributed by atoms with E-state index in [1.807, 2.05) is 42.7 Å². The third-order valence-corrected chi connectivity index (χ3v) is 5.91. The molecule has 0 atom stereocenters. The fourth-order valence-corrected chi connectivity index (χ4v) is 4.24. The quantitative estimate of drug-likeness (QED) is 0.607. The highest BCUT2D eigenvalue weighted by Crippen LogP contribution is 2.26. The van der Waals surface area contributed by atoms with E-state index >= 15 is 0 Å². The van der Waals surface area contributed by atoms with Gasteiger partial charge >= 0.3 is 11.9 Å². The van der Waals surface area contributed by atoms with E-state index in [2.05, 4.69) is 0 Å². The number of carbonyl (C=O) groups excluding carboxylic acids is 1. The van der Waals surface area contributed by atoms with Gasteiger partial charge in [0, 0.05) is 30.0 Å². The molecule has 1 aliphatic rings. The van der Waals surface area contributed by atoms with Crippen LogP contribution in [0.2, 0.25) is 0 Å². The Morgan fingerprint density at radius 3 is 2.24 bits per heavy atom. The molecule has 0 saturated heterocycles. The van der Waals surface area contributed by atoms with Crippen molar-refractivity contribution in [3.8, 4) is 5.69 Å². The summed E-state index contributed by atoms with van der Waals surface area (Å²) >= 11 is 0. The van der Waals surface area contributed by atoms with Crippen molar-refractivity contribution in [3.05, 3.63) is 94.3 Å².